The number of amides is 1. The molecule has 0 radical (unpaired) electrons. The van der Waals surface area contributed by atoms with Crippen LogP contribution in [0.5, 0.6) is 0 Å². The molecule has 0 aromatic carbocycles. The van der Waals surface area contributed by atoms with Crippen molar-refractivity contribution in [3.63, 3.8) is 0 Å². The summed E-state index contributed by atoms with van der Waals surface area (Å²) in [4.78, 5) is 10.9. The maximum absolute atomic E-state index is 12.1. The molecule has 1 rings (SSSR count). The van der Waals surface area contributed by atoms with Crippen LogP contribution in [0.3, 0.4) is 0 Å². The first-order chi connectivity index (χ1) is 7.29. The number of rotatable bonds is 2. The minimum absolute atomic E-state index is 0.0908. The van der Waals surface area contributed by atoms with Gasteiger partial charge in [-0.05, 0) is 6.92 Å². The van der Waals surface area contributed by atoms with Gasteiger partial charge in [-0.3, -0.25) is 5.32 Å². The van der Waals surface area contributed by atoms with Gasteiger partial charge in [-0.25, -0.2) is 4.79 Å². The van der Waals surface area contributed by atoms with Crippen LogP contribution in [0.15, 0.2) is 22.9 Å². The van der Waals surface area contributed by atoms with Crippen LogP contribution in [0.4, 0.5) is 23.8 Å². The van der Waals surface area contributed by atoms with Gasteiger partial charge in [-0.15, -0.1) is 0 Å². The van der Waals surface area contributed by atoms with E-state index in [-0.39, 0.29) is 5.76 Å². The summed E-state index contributed by atoms with van der Waals surface area (Å²) in [5, 5.41) is 4.64. The first-order valence-corrected chi connectivity index (χ1v) is 3.97. The molecule has 0 atom stereocenters. The standard InChI is InChI=1S/C8H7F3N2O3/c1-4(2)15-7(14)12-6-3-5(13-16-6)8(9,10)11/h3H,1H2,2H3,(H,12,14). The third kappa shape index (κ3) is 3.30. The summed E-state index contributed by atoms with van der Waals surface area (Å²) in [6.07, 6.45) is -5.63. The van der Waals surface area contributed by atoms with Crippen molar-refractivity contribution in [2.24, 2.45) is 0 Å². The molecular formula is C8H7F3N2O3. The van der Waals surface area contributed by atoms with E-state index in [1.165, 1.54) is 6.92 Å². The second-order valence-electron chi connectivity index (χ2n) is 2.79. The van der Waals surface area contributed by atoms with Gasteiger partial charge < -0.3 is 9.26 Å². The molecule has 0 fully saturated rings. The van der Waals surface area contributed by atoms with Gasteiger partial charge in [-0.2, -0.15) is 13.2 Å². The van der Waals surface area contributed by atoms with Crippen molar-refractivity contribution in [2.75, 3.05) is 5.32 Å². The van der Waals surface area contributed by atoms with E-state index in [1.54, 1.807) is 0 Å². The van der Waals surface area contributed by atoms with E-state index in [0.29, 0.717) is 6.07 Å². The Kier molecular flexibility index (Phi) is 3.21. The minimum atomic E-state index is -4.62. The summed E-state index contributed by atoms with van der Waals surface area (Å²) in [6, 6.07) is 0.541. The zero-order valence-electron chi connectivity index (χ0n) is 8.09. The van der Waals surface area contributed by atoms with Gasteiger partial charge >= 0.3 is 12.3 Å². The van der Waals surface area contributed by atoms with Crippen molar-refractivity contribution in [3.05, 3.63) is 24.1 Å². The molecule has 88 valence electrons. The zero-order valence-corrected chi connectivity index (χ0v) is 8.09. The number of allylic oxidation sites excluding steroid dienone is 1. The van der Waals surface area contributed by atoms with Crippen LogP contribution in [-0.4, -0.2) is 11.2 Å². The van der Waals surface area contributed by atoms with Crippen molar-refractivity contribution in [2.45, 2.75) is 13.1 Å². The lowest BCUT2D eigenvalue weighted by molar-refractivity contribution is -0.142. The number of nitrogens with one attached hydrogen (secondary N) is 1. The number of hydrogen-bond donors (Lipinski definition) is 1. The summed E-state index contributed by atoms with van der Waals surface area (Å²) in [6.45, 7) is 4.68. The van der Waals surface area contributed by atoms with E-state index in [1.807, 2.05) is 5.32 Å². The minimum Gasteiger partial charge on any atom is -0.416 e. The smallest absolute Gasteiger partial charge is 0.416 e. The lowest BCUT2D eigenvalue weighted by Gasteiger charge is -2.01. The quantitative estimate of drug-likeness (QED) is 0.802. The average Bonchev–Trinajstić information content (AvgIpc) is 2.49. The number of alkyl halides is 3. The Morgan fingerprint density at radius 3 is 2.69 bits per heavy atom. The van der Waals surface area contributed by atoms with Crippen LogP contribution in [-0.2, 0) is 10.9 Å². The first-order valence-electron chi connectivity index (χ1n) is 3.97. The maximum Gasteiger partial charge on any atom is 0.436 e. The molecule has 0 saturated heterocycles. The molecule has 1 heterocycles. The van der Waals surface area contributed by atoms with E-state index < -0.39 is 23.8 Å². The van der Waals surface area contributed by atoms with Crippen LogP contribution >= 0.6 is 0 Å². The Morgan fingerprint density at radius 1 is 1.62 bits per heavy atom. The van der Waals surface area contributed by atoms with Gasteiger partial charge in [0.15, 0.2) is 5.69 Å². The number of carbonyl (C=O) groups excluding carboxylic acids is 1. The molecule has 8 heteroatoms. The summed E-state index contributed by atoms with van der Waals surface area (Å²) < 4.78 is 44.9. The molecule has 0 unspecified atom stereocenters. The van der Waals surface area contributed by atoms with Crippen LogP contribution in [0.1, 0.15) is 12.6 Å². The highest BCUT2D eigenvalue weighted by Crippen LogP contribution is 2.29. The fourth-order valence-electron chi connectivity index (χ4n) is 0.752. The van der Waals surface area contributed by atoms with Gasteiger partial charge in [0, 0.05) is 6.07 Å². The Hall–Kier alpha value is -1.99. The second-order valence-corrected chi connectivity index (χ2v) is 2.79. The van der Waals surface area contributed by atoms with Gasteiger partial charge in [0.2, 0.25) is 5.88 Å². The molecule has 5 nitrogen and oxygen atoms in total. The highest BCUT2D eigenvalue weighted by atomic mass is 19.4. The molecule has 0 aliphatic carbocycles. The van der Waals surface area contributed by atoms with Crippen molar-refractivity contribution < 1.29 is 27.2 Å². The van der Waals surface area contributed by atoms with Crippen molar-refractivity contribution in [1.29, 1.82) is 0 Å². The molecule has 0 aliphatic rings. The monoisotopic (exact) mass is 236 g/mol. The molecular weight excluding hydrogens is 229 g/mol. The Bertz CT molecular complexity index is 411. The van der Waals surface area contributed by atoms with E-state index in [2.05, 4.69) is 21.0 Å². The van der Waals surface area contributed by atoms with Crippen LogP contribution in [0.2, 0.25) is 0 Å². The largest absolute Gasteiger partial charge is 0.436 e. The highest BCUT2D eigenvalue weighted by Gasteiger charge is 2.35. The lowest BCUT2D eigenvalue weighted by Crippen LogP contribution is -2.11. The van der Waals surface area contributed by atoms with Crippen molar-refractivity contribution >= 4 is 12.0 Å². The predicted octanol–water partition coefficient (Wildman–Crippen LogP) is 2.78. The number of hydrogen-bond acceptors (Lipinski definition) is 4. The third-order valence-electron chi connectivity index (χ3n) is 1.29. The van der Waals surface area contributed by atoms with E-state index in [0.717, 1.165) is 0 Å². The molecule has 1 aromatic heterocycles. The normalized spacial score (nSPS) is 11.0. The van der Waals surface area contributed by atoms with Crippen LogP contribution in [0, 0.1) is 0 Å². The van der Waals surface area contributed by atoms with E-state index in [4.69, 9.17) is 0 Å². The van der Waals surface area contributed by atoms with Crippen LogP contribution in [0.25, 0.3) is 0 Å². The summed E-state index contributed by atoms with van der Waals surface area (Å²) in [5.41, 5.74) is -1.24. The number of aromatic nitrogens is 1. The molecule has 1 aromatic rings. The highest BCUT2D eigenvalue weighted by molar-refractivity contribution is 5.83. The molecule has 1 amide bonds. The summed E-state index contributed by atoms with van der Waals surface area (Å²) >= 11 is 0. The van der Waals surface area contributed by atoms with Gasteiger partial charge in [0.1, 0.15) is 0 Å². The molecule has 0 saturated carbocycles. The fraction of sp³-hybridized carbons (Fsp3) is 0.250. The molecule has 16 heavy (non-hydrogen) atoms. The van der Waals surface area contributed by atoms with Crippen LogP contribution < -0.4 is 5.32 Å². The third-order valence-corrected chi connectivity index (χ3v) is 1.29. The Morgan fingerprint density at radius 2 is 2.25 bits per heavy atom. The fourth-order valence-corrected chi connectivity index (χ4v) is 0.752. The topological polar surface area (TPSA) is 64.4 Å². The summed E-state index contributed by atoms with van der Waals surface area (Å²) in [5.74, 6) is -0.369. The lowest BCUT2D eigenvalue weighted by atomic mass is 10.4. The Labute approximate surface area is 87.9 Å². The SMILES string of the molecule is C=C(C)OC(=O)Nc1cc(C(F)(F)F)no1. The van der Waals surface area contributed by atoms with Gasteiger partial charge in [0.25, 0.3) is 0 Å². The number of carbonyl (C=O) groups is 1. The molecule has 0 bridgehead atoms. The van der Waals surface area contributed by atoms with Crippen molar-refractivity contribution in [3.8, 4) is 0 Å². The van der Waals surface area contributed by atoms with Crippen molar-refractivity contribution in [1.82, 2.24) is 5.16 Å². The number of nitrogens with zero attached hydrogens (tertiary/aromatic N) is 1. The maximum atomic E-state index is 12.1. The zero-order chi connectivity index (χ0) is 12.3. The molecule has 0 spiro atoms. The van der Waals surface area contributed by atoms with Gasteiger partial charge in [-0.1, -0.05) is 11.7 Å². The van der Waals surface area contributed by atoms with E-state index in [9.17, 15) is 18.0 Å². The Balaban J connectivity index is 2.66. The predicted molar refractivity (Wildman–Crippen MR) is 46.4 cm³/mol. The average molecular weight is 236 g/mol. The van der Waals surface area contributed by atoms with E-state index >= 15 is 0 Å². The van der Waals surface area contributed by atoms with Gasteiger partial charge in [0.05, 0.1) is 5.76 Å². The first kappa shape index (κ1) is 12.1. The molecule has 1 N–H and O–H groups in total. The second kappa shape index (κ2) is 4.25. The number of halogens is 3. The number of ether oxygens (including phenoxy) is 1. The number of anilines is 1. The molecule has 0 aliphatic heterocycles. The summed E-state index contributed by atoms with van der Waals surface area (Å²) in [7, 11) is 0.